The summed E-state index contributed by atoms with van der Waals surface area (Å²) in [4.78, 5) is 15.8. The Labute approximate surface area is 204 Å². The first-order valence-corrected chi connectivity index (χ1v) is 11.3. The van der Waals surface area contributed by atoms with E-state index in [0.717, 1.165) is 29.9 Å². The van der Waals surface area contributed by atoms with Gasteiger partial charge in [-0.3, -0.25) is 9.97 Å². The van der Waals surface area contributed by atoms with Crippen LogP contribution in [-0.2, 0) is 5.41 Å². The van der Waals surface area contributed by atoms with E-state index in [-0.39, 0.29) is 0 Å². The molecular weight excluding hydrogens is 440 g/mol. The zero-order valence-electron chi connectivity index (χ0n) is 20.6. The zero-order chi connectivity index (χ0) is 25.0. The summed E-state index contributed by atoms with van der Waals surface area (Å²) in [5, 5.41) is 21.1. The Morgan fingerprint density at radius 3 is 2.51 bits per heavy atom. The SMILES string of the molecule is CNCCN(C)c1ccc(-c2nnc(-c3nc(-c4ccnc(C(C)(C)C#N)c4)cnc3C)o2)cc1. The minimum absolute atomic E-state index is 0.300. The Hall–Kier alpha value is -4.16. The van der Waals surface area contributed by atoms with E-state index in [9.17, 15) is 5.26 Å². The number of nitrogens with one attached hydrogen (secondary N) is 1. The van der Waals surface area contributed by atoms with Gasteiger partial charge in [-0.15, -0.1) is 10.2 Å². The van der Waals surface area contributed by atoms with Crippen LogP contribution < -0.4 is 10.2 Å². The number of hydrogen-bond acceptors (Lipinski definition) is 9. The lowest BCUT2D eigenvalue weighted by Crippen LogP contribution is -2.26. The molecule has 3 aromatic heterocycles. The smallest absolute Gasteiger partial charge is 0.268 e. The predicted octanol–water partition coefficient (Wildman–Crippen LogP) is 4.02. The van der Waals surface area contributed by atoms with E-state index >= 15 is 0 Å². The summed E-state index contributed by atoms with van der Waals surface area (Å²) >= 11 is 0. The molecule has 9 nitrogen and oxygen atoms in total. The quantitative estimate of drug-likeness (QED) is 0.409. The van der Waals surface area contributed by atoms with Crippen LogP contribution in [0.1, 0.15) is 25.2 Å². The minimum Gasteiger partial charge on any atom is -0.415 e. The maximum absolute atomic E-state index is 9.46. The van der Waals surface area contributed by atoms with Crippen molar-refractivity contribution < 1.29 is 4.42 Å². The summed E-state index contributed by atoms with van der Waals surface area (Å²) in [6.45, 7) is 7.32. The molecule has 178 valence electrons. The van der Waals surface area contributed by atoms with Gasteiger partial charge < -0.3 is 14.6 Å². The average Bonchev–Trinajstić information content (AvgIpc) is 3.38. The summed E-state index contributed by atoms with van der Waals surface area (Å²) < 4.78 is 5.98. The van der Waals surface area contributed by atoms with Gasteiger partial charge in [-0.05, 0) is 64.2 Å². The molecule has 0 fully saturated rings. The summed E-state index contributed by atoms with van der Waals surface area (Å²) in [5.41, 5.74) is 4.53. The minimum atomic E-state index is -0.713. The van der Waals surface area contributed by atoms with Crippen LogP contribution in [0, 0.1) is 18.3 Å². The molecule has 1 N–H and O–H groups in total. The van der Waals surface area contributed by atoms with Gasteiger partial charge in [-0.2, -0.15) is 5.26 Å². The van der Waals surface area contributed by atoms with Crippen molar-refractivity contribution in [2.45, 2.75) is 26.2 Å². The van der Waals surface area contributed by atoms with E-state index in [0.29, 0.717) is 34.6 Å². The summed E-state index contributed by atoms with van der Waals surface area (Å²) in [6.07, 6.45) is 3.37. The van der Waals surface area contributed by atoms with E-state index in [2.05, 4.69) is 43.5 Å². The number of anilines is 1. The summed E-state index contributed by atoms with van der Waals surface area (Å²) in [6, 6.07) is 14.0. The Bertz CT molecular complexity index is 1350. The highest BCUT2D eigenvalue weighted by Crippen LogP contribution is 2.29. The molecule has 35 heavy (non-hydrogen) atoms. The summed E-state index contributed by atoms with van der Waals surface area (Å²) in [7, 11) is 3.99. The second-order valence-electron chi connectivity index (χ2n) is 8.84. The number of benzene rings is 1. The first-order chi connectivity index (χ1) is 16.8. The molecule has 0 aliphatic carbocycles. The molecule has 4 rings (SSSR count). The number of pyridine rings is 1. The lowest BCUT2D eigenvalue weighted by molar-refractivity contribution is 0.581. The molecule has 3 heterocycles. The molecule has 0 spiro atoms. The van der Waals surface area contributed by atoms with Gasteiger partial charge in [0, 0.05) is 43.1 Å². The van der Waals surface area contributed by atoms with Crippen molar-refractivity contribution >= 4 is 5.69 Å². The Morgan fingerprint density at radius 2 is 1.80 bits per heavy atom. The highest BCUT2D eigenvalue weighted by atomic mass is 16.4. The molecule has 0 unspecified atom stereocenters. The number of nitriles is 1. The highest BCUT2D eigenvalue weighted by molar-refractivity contribution is 5.64. The van der Waals surface area contributed by atoms with Gasteiger partial charge >= 0.3 is 0 Å². The van der Waals surface area contributed by atoms with Gasteiger partial charge in [0.2, 0.25) is 5.89 Å². The van der Waals surface area contributed by atoms with Gasteiger partial charge in [0.25, 0.3) is 5.89 Å². The Balaban J connectivity index is 1.61. The third kappa shape index (κ3) is 5.18. The Kier molecular flexibility index (Phi) is 6.85. The van der Waals surface area contributed by atoms with Crippen molar-refractivity contribution in [1.29, 1.82) is 5.26 Å². The molecule has 0 amide bonds. The number of likely N-dealkylation sites (N-methyl/N-ethyl adjacent to an activating group) is 2. The molecule has 0 saturated carbocycles. The number of rotatable bonds is 8. The number of nitrogens with zero attached hydrogens (tertiary/aromatic N) is 7. The molecule has 4 aromatic rings. The molecule has 0 aliphatic rings. The second kappa shape index (κ2) is 9.99. The predicted molar refractivity (Wildman–Crippen MR) is 135 cm³/mol. The topological polar surface area (TPSA) is 117 Å². The van der Waals surface area contributed by atoms with Gasteiger partial charge in [-0.25, -0.2) is 4.98 Å². The maximum Gasteiger partial charge on any atom is 0.268 e. The van der Waals surface area contributed by atoms with Crippen LogP contribution in [0.2, 0.25) is 0 Å². The fourth-order valence-corrected chi connectivity index (χ4v) is 3.48. The van der Waals surface area contributed by atoms with Crippen LogP contribution in [0.15, 0.2) is 53.2 Å². The third-order valence-corrected chi connectivity index (χ3v) is 5.81. The molecule has 0 radical (unpaired) electrons. The van der Waals surface area contributed by atoms with E-state index in [1.807, 2.05) is 64.2 Å². The van der Waals surface area contributed by atoms with Crippen molar-refractivity contribution in [3.8, 4) is 40.4 Å². The van der Waals surface area contributed by atoms with Crippen molar-refractivity contribution in [2.75, 3.05) is 32.1 Å². The van der Waals surface area contributed by atoms with Crippen molar-refractivity contribution in [3.63, 3.8) is 0 Å². The standard InChI is InChI=1S/C26H28N8O/c1-17-23(31-21(15-30-17)19-10-11-29-22(14-19)26(2,3)16-27)25-33-32-24(35-25)18-6-8-20(9-7-18)34(5)13-12-28-4/h6-11,14-15,28H,12-13H2,1-5H3. The fourth-order valence-electron chi connectivity index (χ4n) is 3.48. The van der Waals surface area contributed by atoms with Gasteiger partial charge in [0.15, 0.2) is 0 Å². The monoisotopic (exact) mass is 468 g/mol. The zero-order valence-corrected chi connectivity index (χ0v) is 20.6. The molecule has 1 aromatic carbocycles. The lowest BCUT2D eigenvalue weighted by atomic mass is 9.90. The molecule has 0 saturated heterocycles. The van der Waals surface area contributed by atoms with Crippen LogP contribution >= 0.6 is 0 Å². The van der Waals surface area contributed by atoms with Crippen LogP contribution in [0.3, 0.4) is 0 Å². The first-order valence-electron chi connectivity index (χ1n) is 11.3. The lowest BCUT2D eigenvalue weighted by Gasteiger charge is -2.19. The van der Waals surface area contributed by atoms with Crippen molar-refractivity contribution in [2.24, 2.45) is 0 Å². The highest BCUT2D eigenvalue weighted by Gasteiger charge is 2.22. The van der Waals surface area contributed by atoms with E-state index in [4.69, 9.17) is 9.40 Å². The fraction of sp³-hybridized carbons (Fsp3) is 0.308. The molecule has 9 heteroatoms. The molecule has 0 bridgehead atoms. The van der Waals surface area contributed by atoms with E-state index < -0.39 is 5.41 Å². The van der Waals surface area contributed by atoms with E-state index in [1.165, 1.54) is 0 Å². The first kappa shape index (κ1) is 24.0. The number of hydrogen-bond donors (Lipinski definition) is 1. The molecule has 0 atom stereocenters. The van der Waals surface area contributed by atoms with Crippen LogP contribution in [-0.4, -0.2) is 52.3 Å². The summed E-state index contributed by atoms with van der Waals surface area (Å²) in [5.74, 6) is 0.715. The average molecular weight is 469 g/mol. The number of aryl methyl sites for hydroxylation is 1. The molecule has 0 aliphatic heterocycles. The van der Waals surface area contributed by atoms with Crippen LogP contribution in [0.5, 0.6) is 0 Å². The van der Waals surface area contributed by atoms with Gasteiger partial charge in [-0.1, -0.05) is 0 Å². The largest absolute Gasteiger partial charge is 0.415 e. The van der Waals surface area contributed by atoms with Crippen molar-refractivity contribution in [1.82, 2.24) is 30.5 Å². The van der Waals surface area contributed by atoms with Crippen LogP contribution in [0.4, 0.5) is 5.69 Å². The molecular formula is C26H28N8O. The second-order valence-corrected chi connectivity index (χ2v) is 8.84. The van der Waals surface area contributed by atoms with Gasteiger partial charge in [0.1, 0.15) is 5.69 Å². The van der Waals surface area contributed by atoms with Gasteiger partial charge in [0.05, 0.1) is 34.8 Å². The number of aromatic nitrogens is 5. The van der Waals surface area contributed by atoms with E-state index in [1.54, 1.807) is 12.4 Å². The third-order valence-electron chi connectivity index (χ3n) is 5.81. The van der Waals surface area contributed by atoms with Crippen molar-refractivity contribution in [3.05, 3.63) is 60.2 Å². The Morgan fingerprint density at radius 1 is 1.06 bits per heavy atom. The maximum atomic E-state index is 9.46. The van der Waals surface area contributed by atoms with Crippen LogP contribution in [0.25, 0.3) is 34.3 Å². The normalized spacial score (nSPS) is 11.3.